The Balaban J connectivity index is 2.99. The molecule has 0 N–H and O–H groups in total. The van der Waals surface area contributed by atoms with E-state index in [9.17, 15) is 13.2 Å². The van der Waals surface area contributed by atoms with Crippen LogP contribution < -0.4 is 0 Å². The fourth-order valence-corrected chi connectivity index (χ4v) is 0.493. The molecule has 0 aliphatic rings. The summed E-state index contributed by atoms with van der Waals surface area (Å²) in [6, 6.07) is 0. The van der Waals surface area contributed by atoms with E-state index in [1.165, 1.54) is 0 Å². The van der Waals surface area contributed by atoms with Crippen LogP contribution >= 0.6 is 0 Å². The monoisotopic (exact) mass is 161 g/mol. The van der Waals surface area contributed by atoms with Crippen molar-refractivity contribution in [3.8, 4) is 0 Å². The van der Waals surface area contributed by atoms with E-state index in [1.807, 2.05) is 0 Å². The highest BCUT2D eigenvalue weighted by Gasteiger charge is 2.34. The average Bonchev–Trinajstić information content (AvgIpc) is 1.86. The third kappa shape index (κ3) is 1.89. The summed E-state index contributed by atoms with van der Waals surface area (Å²) in [5.41, 5.74) is 0.484. The van der Waals surface area contributed by atoms with Gasteiger partial charge >= 0.3 is 6.18 Å². The molecule has 0 spiro atoms. The number of aromatic nitrogens is 2. The van der Waals surface area contributed by atoms with Gasteiger partial charge in [0.1, 0.15) is 0 Å². The molecule has 1 radical (unpaired) electrons. The fourth-order valence-electron chi connectivity index (χ4n) is 0.493. The molecular formula is C6H4F3N2. The van der Waals surface area contributed by atoms with Gasteiger partial charge in [-0.15, -0.1) is 0 Å². The quantitative estimate of drug-likeness (QED) is 0.577. The molecule has 1 heterocycles. The third-order valence-electron chi connectivity index (χ3n) is 0.972. The molecule has 0 aliphatic heterocycles. The highest BCUT2D eigenvalue weighted by atomic mass is 19.4. The van der Waals surface area contributed by atoms with E-state index in [2.05, 4.69) is 16.2 Å². The summed E-state index contributed by atoms with van der Waals surface area (Å²) in [4.78, 5) is 6.07. The second-order valence-corrected chi connectivity index (χ2v) is 1.99. The molecule has 1 aromatic rings. The number of nitrogens with zero attached hydrogens (tertiary/aromatic N) is 2. The predicted molar refractivity (Wildman–Crippen MR) is 30.6 cm³/mol. The van der Waals surface area contributed by atoms with Gasteiger partial charge in [-0.2, -0.15) is 13.2 Å². The Kier molecular flexibility index (Phi) is 1.80. The lowest BCUT2D eigenvalue weighted by atomic mass is 10.4. The van der Waals surface area contributed by atoms with Crippen molar-refractivity contribution < 1.29 is 13.2 Å². The molecule has 0 bridgehead atoms. The van der Waals surface area contributed by atoms with E-state index >= 15 is 0 Å². The van der Waals surface area contributed by atoms with E-state index in [-0.39, 0.29) is 0 Å². The van der Waals surface area contributed by atoms with Crippen LogP contribution in [0, 0.1) is 13.1 Å². The van der Waals surface area contributed by atoms with Gasteiger partial charge in [0.05, 0.1) is 6.20 Å². The number of alkyl halides is 3. The van der Waals surface area contributed by atoms with Crippen molar-refractivity contribution in [2.45, 2.75) is 13.1 Å². The maximum atomic E-state index is 11.8. The average molecular weight is 161 g/mol. The Bertz CT molecular complexity index is 239. The molecule has 1 rings (SSSR count). The smallest absolute Gasteiger partial charge is 0.233 e. The summed E-state index contributed by atoms with van der Waals surface area (Å²) in [7, 11) is 0. The maximum absolute atomic E-state index is 11.8. The molecule has 5 heteroatoms. The number of hydrogen-bond donors (Lipinski definition) is 0. The Morgan fingerprint density at radius 3 is 2.45 bits per heavy atom. The Hall–Kier alpha value is -1.13. The molecule has 0 saturated carbocycles. The second kappa shape index (κ2) is 2.48. The van der Waals surface area contributed by atoms with E-state index in [0.717, 1.165) is 6.20 Å². The summed E-state index contributed by atoms with van der Waals surface area (Å²) in [5.74, 6) is -1.15. The molecule has 11 heavy (non-hydrogen) atoms. The minimum atomic E-state index is -4.47. The van der Waals surface area contributed by atoms with Gasteiger partial charge in [-0.25, -0.2) is 9.97 Å². The summed E-state index contributed by atoms with van der Waals surface area (Å²) < 4.78 is 35.3. The lowest BCUT2D eigenvalue weighted by Crippen LogP contribution is -2.10. The summed E-state index contributed by atoms with van der Waals surface area (Å²) in [6.07, 6.45) is -1.21. The molecule has 0 aromatic carbocycles. The molecule has 0 fully saturated rings. The van der Waals surface area contributed by atoms with Crippen molar-refractivity contribution in [2.24, 2.45) is 0 Å². The van der Waals surface area contributed by atoms with Crippen molar-refractivity contribution in [1.82, 2.24) is 9.97 Å². The van der Waals surface area contributed by atoms with Crippen molar-refractivity contribution in [2.75, 3.05) is 0 Å². The van der Waals surface area contributed by atoms with Gasteiger partial charge in [0.2, 0.25) is 5.82 Å². The molecule has 59 valence electrons. The van der Waals surface area contributed by atoms with Crippen LogP contribution in [0.5, 0.6) is 0 Å². The number of rotatable bonds is 0. The maximum Gasteiger partial charge on any atom is 0.451 e. The Labute approximate surface area is 61.1 Å². The fraction of sp³-hybridized carbons (Fsp3) is 0.333. The molecule has 0 unspecified atom stereocenters. The van der Waals surface area contributed by atoms with Gasteiger partial charge in [-0.1, -0.05) is 0 Å². The van der Waals surface area contributed by atoms with Crippen LogP contribution in [0.1, 0.15) is 11.4 Å². The van der Waals surface area contributed by atoms with Crippen molar-refractivity contribution in [1.29, 1.82) is 0 Å². The first-order valence-corrected chi connectivity index (χ1v) is 2.78. The van der Waals surface area contributed by atoms with Crippen LogP contribution in [0.3, 0.4) is 0 Å². The summed E-state index contributed by atoms with van der Waals surface area (Å²) in [5, 5.41) is 0. The lowest BCUT2D eigenvalue weighted by molar-refractivity contribution is -0.145. The van der Waals surface area contributed by atoms with E-state index < -0.39 is 12.0 Å². The molecular weight excluding hydrogens is 157 g/mol. The van der Waals surface area contributed by atoms with E-state index in [1.54, 1.807) is 6.92 Å². The number of hydrogen-bond acceptors (Lipinski definition) is 2. The normalized spacial score (nSPS) is 11.6. The summed E-state index contributed by atoms with van der Waals surface area (Å²) >= 11 is 0. The van der Waals surface area contributed by atoms with Gasteiger partial charge < -0.3 is 0 Å². The van der Waals surface area contributed by atoms with Crippen LogP contribution in [0.2, 0.25) is 0 Å². The zero-order valence-corrected chi connectivity index (χ0v) is 5.61. The highest BCUT2D eigenvalue weighted by Crippen LogP contribution is 2.24. The second-order valence-electron chi connectivity index (χ2n) is 1.99. The van der Waals surface area contributed by atoms with Gasteiger partial charge in [-0.3, -0.25) is 0 Å². The standard InChI is InChI=1S/C6H4F3N2/c1-4-2-10-5(11-3-4)6(7,8)9/h2H,1H3. The topological polar surface area (TPSA) is 25.8 Å². The summed E-state index contributed by atoms with van der Waals surface area (Å²) in [6.45, 7) is 1.57. The number of halogens is 3. The van der Waals surface area contributed by atoms with Gasteiger partial charge in [0.25, 0.3) is 0 Å². The number of aryl methyl sites for hydroxylation is 1. The van der Waals surface area contributed by atoms with Crippen LogP contribution in [0.25, 0.3) is 0 Å². The van der Waals surface area contributed by atoms with Crippen LogP contribution in [0.15, 0.2) is 6.20 Å². The molecule has 0 saturated heterocycles. The predicted octanol–water partition coefficient (Wildman–Crippen LogP) is 1.60. The molecule has 0 atom stereocenters. The van der Waals surface area contributed by atoms with Crippen LogP contribution in [0.4, 0.5) is 13.2 Å². The minimum Gasteiger partial charge on any atom is -0.233 e. The lowest BCUT2D eigenvalue weighted by Gasteiger charge is -2.02. The molecule has 0 amide bonds. The van der Waals surface area contributed by atoms with Crippen LogP contribution in [-0.4, -0.2) is 9.97 Å². The Morgan fingerprint density at radius 2 is 2.09 bits per heavy atom. The first-order valence-electron chi connectivity index (χ1n) is 2.78. The van der Waals surface area contributed by atoms with Crippen molar-refractivity contribution in [3.05, 3.63) is 23.8 Å². The molecule has 0 aliphatic carbocycles. The Morgan fingerprint density at radius 1 is 1.45 bits per heavy atom. The molecule has 1 aromatic heterocycles. The highest BCUT2D eigenvalue weighted by molar-refractivity contribution is 5.01. The SMILES string of the molecule is Cc1[c]nc(C(F)(F)F)nc1. The van der Waals surface area contributed by atoms with Gasteiger partial charge in [0.15, 0.2) is 0 Å². The van der Waals surface area contributed by atoms with E-state index in [4.69, 9.17) is 0 Å². The molecule has 2 nitrogen and oxygen atoms in total. The van der Waals surface area contributed by atoms with Gasteiger partial charge in [-0.05, 0) is 12.5 Å². The largest absolute Gasteiger partial charge is 0.451 e. The van der Waals surface area contributed by atoms with Crippen LogP contribution in [-0.2, 0) is 6.18 Å². The third-order valence-corrected chi connectivity index (χ3v) is 0.972. The van der Waals surface area contributed by atoms with Crippen molar-refractivity contribution in [3.63, 3.8) is 0 Å². The minimum absolute atomic E-state index is 0.484. The van der Waals surface area contributed by atoms with E-state index in [0.29, 0.717) is 5.56 Å². The van der Waals surface area contributed by atoms with Gasteiger partial charge in [0, 0.05) is 6.20 Å². The first-order chi connectivity index (χ1) is 5.00. The zero-order chi connectivity index (χ0) is 8.48. The first kappa shape index (κ1) is 7.97. The van der Waals surface area contributed by atoms with Crippen molar-refractivity contribution >= 4 is 0 Å². The zero-order valence-electron chi connectivity index (χ0n) is 5.61.